The standard InChI is InChI=1S/C39H33FN4O.Pd/c1-22-23(2)25(4)38(26(5)24(22)3)39-27(6)42-44(28(39)7)30-11-10-12-31(20-30)45-32-15-16-34-33-13-8-9-14-35(33)43(36(34)21-32)37-19-29(40)17-18-41-37;/h8-19H,1-7H3;/q-2;+2. The van der Waals surface area contributed by atoms with Crippen molar-refractivity contribution in [2.45, 2.75) is 48.5 Å². The number of benzene rings is 4. The number of aromatic nitrogens is 4. The molecule has 7 heteroatoms. The number of fused-ring (bicyclic) bond motifs is 3. The monoisotopic (exact) mass is 698 g/mol. The summed E-state index contributed by atoms with van der Waals surface area (Å²) in [5.74, 6) is 1.18. The Hall–Kier alpha value is -4.57. The molecule has 3 heterocycles. The molecule has 0 aliphatic rings. The minimum Gasteiger partial charge on any atom is -0.509 e. The molecule has 0 radical (unpaired) electrons. The maximum atomic E-state index is 14.2. The maximum Gasteiger partial charge on any atom is 2.00 e. The third-order valence-electron chi connectivity index (χ3n) is 9.24. The Morgan fingerprint density at radius 2 is 1.39 bits per heavy atom. The second-order valence-electron chi connectivity index (χ2n) is 11.7. The molecule has 0 spiro atoms. The van der Waals surface area contributed by atoms with Crippen LogP contribution in [0.2, 0.25) is 0 Å². The van der Waals surface area contributed by atoms with Crippen LogP contribution in [-0.2, 0) is 20.4 Å². The Kier molecular flexibility index (Phi) is 8.18. The van der Waals surface area contributed by atoms with E-state index in [4.69, 9.17) is 9.84 Å². The first-order valence-electron chi connectivity index (χ1n) is 15.1. The number of rotatable bonds is 5. The molecular weight excluding hydrogens is 666 g/mol. The number of halogens is 1. The Bertz CT molecular complexity index is 2270. The average Bonchev–Trinajstić information content (AvgIpc) is 3.52. The van der Waals surface area contributed by atoms with Crippen molar-refractivity contribution < 1.29 is 29.6 Å². The van der Waals surface area contributed by atoms with E-state index < -0.39 is 0 Å². The summed E-state index contributed by atoms with van der Waals surface area (Å²) in [4.78, 5) is 4.45. The fourth-order valence-corrected chi connectivity index (χ4v) is 6.54. The van der Waals surface area contributed by atoms with Crippen molar-refractivity contribution >= 4 is 21.8 Å². The van der Waals surface area contributed by atoms with E-state index in [2.05, 4.69) is 65.6 Å². The van der Waals surface area contributed by atoms with Gasteiger partial charge in [-0.15, -0.1) is 35.7 Å². The molecule has 0 fully saturated rings. The van der Waals surface area contributed by atoms with Crippen LogP contribution >= 0.6 is 0 Å². The van der Waals surface area contributed by atoms with Crippen LogP contribution in [0.25, 0.3) is 44.4 Å². The molecule has 0 N–H and O–H groups in total. The molecule has 0 atom stereocenters. The molecule has 0 bridgehead atoms. The van der Waals surface area contributed by atoms with E-state index in [1.54, 1.807) is 0 Å². The summed E-state index contributed by atoms with van der Waals surface area (Å²) in [7, 11) is 0. The van der Waals surface area contributed by atoms with Crippen molar-refractivity contribution in [1.82, 2.24) is 19.3 Å². The second-order valence-corrected chi connectivity index (χ2v) is 11.7. The molecule has 7 aromatic rings. The molecule has 0 aliphatic heterocycles. The van der Waals surface area contributed by atoms with Crippen LogP contribution in [0.3, 0.4) is 0 Å². The van der Waals surface area contributed by atoms with Gasteiger partial charge in [0.1, 0.15) is 11.6 Å². The zero-order chi connectivity index (χ0) is 31.6. The van der Waals surface area contributed by atoms with Gasteiger partial charge in [-0.05, 0) is 105 Å². The zero-order valence-electron chi connectivity index (χ0n) is 26.8. The van der Waals surface area contributed by atoms with Gasteiger partial charge in [0.25, 0.3) is 0 Å². The zero-order valence-corrected chi connectivity index (χ0v) is 28.4. The smallest absolute Gasteiger partial charge is 0.509 e. The molecule has 46 heavy (non-hydrogen) atoms. The Labute approximate surface area is 282 Å². The molecule has 4 aromatic carbocycles. The van der Waals surface area contributed by atoms with E-state index in [1.165, 1.54) is 51.7 Å². The number of hydrogen-bond donors (Lipinski definition) is 0. The van der Waals surface area contributed by atoms with Gasteiger partial charge in [0.2, 0.25) is 0 Å². The largest absolute Gasteiger partial charge is 2.00 e. The fraction of sp³-hybridized carbons (Fsp3) is 0.179. The summed E-state index contributed by atoms with van der Waals surface area (Å²) in [6, 6.07) is 27.3. The van der Waals surface area contributed by atoms with Crippen molar-refractivity contribution in [2.24, 2.45) is 0 Å². The number of nitrogens with zero attached hydrogens (tertiary/aromatic N) is 4. The molecule has 0 amide bonds. The van der Waals surface area contributed by atoms with E-state index in [-0.39, 0.29) is 26.2 Å². The molecule has 0 aliphatic carbocycles. The molecule has 7 rings (SSSR count). The maximum absolute atomic E-state index is 14.2. The van der Waals surface area contributed by atoms with Crippen LogP contribution in [0.5, 0.6) is 11.5 Å². The summed E-state index contributed by atoms with van der Waals surface area (Å²) in [6.45, 7) is 15.2. The van der Waals surface area contributed by atoms with E-state index in [0.29, 0.717) is 17.3 Å². The molecule has 232 valence electrons. The summed E-state index contributed by atoms with van der Waals surface area (Å²) >= 11 is 0. The number of pyridine rings is 1. The van der Waals surface area contributed by atoms with Crippen LogP contribution < -0.4 is 4.74 Å². The Balaban J connectivity index is 0.00000372. The minimum absolute atomic E-state index is 0. The summed E-state index contributed by atoms with van der Waals surface area (Å²) in [5.41, 5.74) is 13.5. The first kappa shape index (κ1) is 31.4. The van der Waals surface area contributed by atoms with Gasteiger partial charge in [-0.25, -0.2) is 9.37 Å². The molecule has 0 saturated heterocycles. The van der Waals surface area contributed by atoms with Gasteiger partial charge in [0, 0.05) is 40.5 Å². The number of para-hydroxylation sites is 1. The van der Waals surface area contributed by atoms with Gasteiger partial charge in [0.05, 0.1) is 5.69 Å². The predicted molar refractivity (Wildman–Crippen MR) is 178 cm³/mol. The topological polar surface area (TPSA) is 44.9 Å². The fourth-order valence-electron chi connectivity index (χ4n) is 6.54. The second kappa shape index (κ2) is 12.0. The Morgan fingerprint density at radius 3 is 2.13 bits per heavy atom. The van der Waals surface area contributed by atoms with Gasteiger partial charge in [-0.1, -0.05) is 23.7 Å². The van der Waals surface area contributed by atoms with Gasteiger partial charge in [-0.2, -0.15) is 17.2 Å². The van der Waals surface area contributed by atoms with E-state index >= 15 is 0 Å². The molecule has 0 saturated carbocycles. The van der Waals surface area contributed by atoms with Crippen LogP contribution in [0.15, 0.2) is 72.9 Å². The quantitative estimate of drug-likeness (QED) is 0.133. The third-order valence-corrected chi connectivity index (χ3v) is 9.24. The van der Waals surface area contributed by atoms with Crippen molar-refractivity contribution in [3.8, 4) is 34.1 Å². The summed E-state index contributed by atoms with van der Waals surface area (Å²) in [5, 5.41) is 6.97. The summed E-state index contributed by atoms with van der Waals surface area (Å²) in [6.07, 6.45) is 1.47. The van der Waals surface area contributed by atoms with E-state index in [9.17, 15) is 4.39 Å². The molecule has 0 unspecified atom stereocenters. The van der Waals surface area contributed by atoms with Crippen LogP contribution in [0.1, 0.15) is 39.2 Å². The normalized spacial score (nSPS) is 11.3. The van der Waals surface area contributed by atoms with Gasteiger partial charge in [0.15, 0.2) is 0 Å². The van der Waals surface area contributed by atoms with Crippen molar-refractivity contribution in [3.05, 3.63) is 130 Å². The van der Waals surface area contributed by atoms with E-state index in [0.717, 1.165) is 44.4 Å². The average molecular weight is 699 g/mol. The molecule has 3 aromatic heterocycles. The van der Waals surface area contributed by atoms with E-state index in [1.807, 2.05) is 63.8 Å². The van der Waals surface area contributed by atoms with Crippen LogP contribution in [0, 0.1) is 66.4 Å². The van der Waals surface area contributed by atoms with Crippen molar-refractivity contribution in [2.75, 3.05) is 0 Å². The summed E-state index contributed by atoms with van der Waals surface area (Å²) < 4.78 is 24.4. The number of aryl methyl sites for hydroxylation is 1. The van der Waals surface area contributed by atoms with Gasteiger partial charge < -0.3 is 9.30 Å². The van der Waals surface area contributed by atoms with Gasteiger partial charge >= 0.3 is 20.4 Å². The SMILES string of the molecule is Cc1nn(-c2[c-]c(Oc3[c-]c4c(cc3)c3ccccc3n4-c3cc(F)ccn3)ccc2)c(C)c1-c1c(C)c(C)c(C)c(C)c1C.[Pd+2]. The predicted octanol–water partition coefficient (Wildman–Crippen LogP) is 9.72. The number of hydrogen-bond acceptors (Lipinski definition) is 3. The molecular formula is C39H33FN4OPd. The minimum atomic E-state index is -0.352. The van der Waals surface area contributed by atoms with Crippen molar-refractivity contribution in [1.29, 1.82) is 0 Å². The molecule has 5 nitrogen and oxygen atoms in total. The third kappa shape index (κ3) is 5.05. The van der Waals surface area contributed by atoms with Crippen LogP contribution in [0.4, 0.5) is 4.39 Å². The Morgan fingerprint density at radius 1 is 0.696 bits per heavy atom. The first-order valence-corrected chi connectivity index (χ1v) is 15.1. The number of ether oxygens (including phenoxy) is 1. The van der Waals surface area contributed by atoms with Crippen molar-refractivity contribution in [3.63, 3.8) is 0 Å². The van der Waals surface area contributed by atoms with Crippen LogP contribution in [-0.4, -0.2) is 19.3 Å². The first-order chi connectivity index (χ1) is 21.6. The van der Waals surface area contributed by atoms with Gasteiger partial charge in [-0.3, -0.25) is 4.68 Å².